The number of rotatable bonds is 5. The lowest BCUT2D eigenvalue weighted by Gasteiger charge is -2.19. The van der Waals surface area contributed by atoms with Crippen molar-refractivity contribution in [2.75, 3.05) is 11.9 Å². The summed E-state index contributed by atoms with van der Waals surface area (Å²) in [7, 11) is 0. The normalized spacial score (nSPS) is 13.5. The van der Waals surface area contributed by atoms with Crippen molar-refractivity contribution in [2.24, 2.45) is 0 Å². The summed E-state index contributed by atoms with van der Waals surface area (Å²) in [5.74, 6) is -0.868. The van der Waals surface area contributed by atoms with E-state index in [9.17, 15) is 14.4 Å². The summed E-state index contributed by atoms with van der Waals surface area (Å²) in [5.41, 5.74) is 3.01. The van der Waals surface area contributed by atoms with Crippen molar-refractivity contribution in [3.63, 3.8) is 0 Å². The third-order valence-corrected chi connectivity index (χ3v) is 5.32. The molecule has 0 radical (unpaired) electrons. The molecule has 0 saturated heterocycles. The van der Waals surface area contributed by atoms with Gasteiger partial charge in [-0.05, 0) is 28.7 Å². The zero-order chi connectivity index (χ0) is 22.2. The van der Waals surface area contributed by atoms with Gasteiger partial charge in [-0.3, -0.25) is 19.3 Å². The van der Waals surface area contributed by atoms with Crippen LogP contribution in [0.25, 0.3) is 0 Å². The summed E-state index contributed by atoms with van der Waals surface area (Å²) in [4.78, 5) is 38.5. The van der Waals surface area contributed by atoms with Gasteiger partial charge in [0, 0.05) is 6.07 Å². The van der Waals surface area contributed by atoms with Crippen molar-refractivity contribution >= 4 is 23.5 Å². The highest BCUT2D eigenvalue weighted by Crippen LogP contribution is 2.23. The minimum absolute atomic E-state index is 0.0769. The number of imide groups is 1. The number of aromatic nitrogens is 2. The molecule has 0 fully saturated rings. The van der Waals surface area contributed by atoms with E-state index in [1.807, 2.05) is 12.1 Å². The van der Waals surface area contributed by atoms with E-state index in [-0.39, 0.29) is 12.0 Å². The molecule has 1 aliphatic heterocycles. The highest BCUT2D eigenvalue weighted by Gasteiger charge is 2.36. The van der Waals surface area contributed by atoms with Crippen molar-refractivity contribution in [3.05, 3.63) is 83.0 Å². The number of amides is 3. The minimum Gasteiger partial charge on any atom is -0.309 e. The van der Waals surface area contributed by atoms with Gasteiger partial charge in [-0.1, -0.05) is 57.2 Å². The first-order valence-corrected chi connectivity index (χ1v) is 10.1. The van der Waals surface area contributed by atoms with E-state index in [0.717, 1.165) is 10.5 Å². The first-order valence-electron chi connectivity index (χ1n) is 10.1. The van der Waals surface area contributed by atoms with Crippen LogP contribution in [0.15, 0.2) is 60.8 Å². The van der Waals surface area contributed by atoms with Gasteiger partial charge in [-0.2, -0.15) is 5.10 Å². The SMILES string of the molecule is CC(C)(C)c1ccc(Cn2nccc2NC(=O)CN2C(=O)c3ccccc3C2=O)cc1. The fourth-order valence-electron chi connectivity index (χ4n) is 3.56. The lowest BCUT2D eigenvalue weighted by molar-refractivity contribution is -0.116. The Bertz CT molecular complexity index is 1120. The number of nitrogens with one attached hydrogen (secondary N) is 1. The topological polar surface area (TPSA) is 84.3 Å². The van der Waals surface area contributed by atoms with Crippen molar-refractivity contribution in [2.45, 2.75) is 32.7 Å². The summed E-state index contributed by atoms with van der Waals surface area (Å²) >= 11 is 0. The number of carbonyl (C=O) groups excluding carboxylic acids is 3. The molecule has 3 aromatic rings. The molecule has 1 N–H and O–H groups in total. The summed E-state index contributed by atoms with van der Waals surface area (Å²) < 4.78 is 1.67. The van der Waals surface area contributed by atoms with Crippen LogP contribution in [0.5, 0.6) is 0 Å². The molecule has 0 unspecified atom stereocenters. The van der Waals surface area contributed by atoms with Gasteiger partial charge in [0.25, 0.3) is 11.8 Å². The molecule has 2 aromatic carbocycles. The van der Waals surface area contributed by atoms with Gasteiger partial charge in [0.1, 0.15) is 12.4 Å². The highest BCUT2D eigenvalue weighted by molar-refractivity contribution is 6.22. The molecule has 1 aromatic heterocycles. The highest BCUT2D eigenvalue weighted by atomic mass is 16.2. The molecule has 7 heteroatoms. The number of hydrogen-bond donors (Lipinski definition) is 1. The smallest absolute Gasteiger partial charge is 0.262 e. The molecule has 4 rings (SSSR count). The average molecular weight is 416 g/mol. The van der Waals surface area contributed by atoms with Crippen molar-refractivity contribution < 1.29 is 14.4 Å². The first-order chi connectivity index (χ1) is 14.7. The lowest BCUT2D eigenvalue weighted by atomic mass is 9.87. The Hall–Kier alpha value is -3.74. The zero-order valence-corrected chi connectivity index (χ0v) is 17.8. The average Bonchev–Trinajstić information content (AvgIpc) is 3.26. The van der Waals surface area contributed by atoms with Crippen LogP contribution in [0.2, 0.25) is 0 Å². The Morgan fingerprint density at radius 1 is 0.935 bits per heavy atom. The molecule has 0 aliphatic carbocycles. The Morgan fingerprint density at radius 2 is 1.55 bits per heavy atom. The predicted octanol–water partition coefficient (Wildman–Crippen LogP) is 3.46. The van der Waals surface area contributed by atoms with Gasteiger partial charge in [0.2, 0.25) is 5.91 Å². The maximum absolute atomic E-state index is 12.6. The molecule has 158 valence electrons. The third kappa shape index (κ3) is 4.12. The maximum atomic E-state index is 12.6. The van der Waals surface area contributed by atoms with Gasteiger partial charge in [-0.15, -0.1) is 0 Å². The van der Waals surface area contributed by atoms with Crippen LogP contribution in [-0.2, 0) is 16.8 Å². The van der Waals surface area contributed by atoms with E-state index in [1.165, 1.54) is 5.56 Å². The quantitative estimate of drug-likeness (QED) is 0.646. The van der Waals surface area contributed by atoms with Crippen LogP contribution in [0.4, 0.5) is 5.82 Å². The molecule has 7 nitrogen and oxygen atoms in total. The minimum atomic E-state index is -0.459. The third-order valence-electron chi connectivity index (χ3n) is 5.32. The largest absolute Gasteiger partial charge is 0.309 e. The molecule has 3 amide bonds. The predicted molar refractivity (Wildman–Crippen MR) is 117 cm³/mol. The van der Waals surface area contributed by atoms with Gasteiger partial charge in [-0.25, -0.2) is 4.68 Å². The summed E-state index contributed by atoms with van der Waals surface area (Å²) in [5, 5.41) is 7.04. The molecule has 0 saturated carbocycles. The van der Waals surface area contributed by atoms with Crippen LogP contribution < -0.4 is 5.32 Å². The van der Waals surface area contributed by atoms with Crippen LogP contribution in [-0.4, -0.2) is 38.9 Å². The van der Waals surface area contributed by atoms with Crippen molar-refractivity contribution in [1.29, 1.82) is 0 Å². The Morgan fingerprint density at radius 3 is 2.13 bits per heavy atom. The second-order valence-electron chi connectivity index (χ2n) is 8.61. The summed E-state index contributed by atoms with van der Waals surface area (Å²) in [6.45, 7) is 6.63. The van der Waals surface area contributed by atoms with Gasteiger partial charge >= 0.3 is 0 Å². The number of fused-ring (bicyclic) bond motifs is 1. The van der Waals surface area contributed by atoms with Gasteiger partial charge < -0.3 is 5.32 Å². The summed E-state index contributed by atoms with van der Waals surface area (Å²) in [6, 6.07) is 16.5. The van der Waals surface area contributed by atoms with E-state index in [4.69, 9.17) is 0 Å². The number of nitrogens with zero attached hydrogens (tertiary/aromatic N) is 3. The second-order valence-corrected chi connectivity index (χ2v) is 8.61. The standard InChI is InChI=1S/C24H24N4O3/c1-24(2,3)17-10-8-16(9-11-17)14-28-20(12-13-25-28)26-21(29)15-27-22(30)18-6-4-5-7-19(18)23(27)31/h4-13H,14-15H2,1-3H3,(H,26,29). The monoisotopic (exact) mass is 416 g/mol. The molecule has 0 spiro atoms. The molecule has 0 atom stereocenters. The van der Waals surface area contributed by atoms with E-state index in [0.29, 0.717) is 23.5 Å². The molecule has 1 aliphatic rings. The summed E-state index contributed by atoms with van der Waals surface area (Å²) in [6.07, 6.45) is 1.60. The molecule has 0 bridgehead atoms. The Kier molecular flexibility index (Phi) is 5.19. The molecule has 31 heavy (non-hydrogen) atoms. The van der Waals surface area contributed by atoms with Crippen LogP contribution >= 0.6 is 0 Å². The van der Waals surface area contributed by atoms with Crippen molar-refractivity contribution in [1.82, 2.24) is 14.7 Å². The first kappa shape index (κ1) is 20.5. The molecular weight excluding hydrogens is 392 g/mol. The van der Waals surface area contributed by atoms with E-state index in [2.05, 4.69) is 43.3 Å². The van der Waals surface area contributed by atoms with E-state index < -0.39 is 17.7 Å². The molecule has 2 heterocycles. The van der Waals surface area contributed by atoms with E-state index >= 15 is 0 Å². The molecular formula is C24H24N4O3. The fourth-order valence-corrected chi connectivity index (χ4v) is 3.56. The second kappa shape index (κ2) is 7.83. The van der Waals surface area contributed by atoms with Crippen LogP contribution in [0.3, 0.4) is 0 Å². The fraction of sp³-hybridized carbons (Fsp3) is 0.250. The van der Waals surface area contributed by atoms with Crippen LogP contribution in [0.1, 0.15) is 52.6 Å². The maximum Gasteiger partial charge on any atom is 0.262 e. The van der Waals surface area contributed by atoms with Gasteiger partial charge in [0.05, 0.1) is 23.9 Å². The Labute approximate surface area is 180 Å². The van der Waals surface area contributed by atoms with Crippen LogP contribution in [0, 0.1) is 0 Å². The number of hydrogen-bond acceptors (Lipinski definition) is 4. The lowest BCUT2D eigenvalue weighted by Crippen LogP contribution is -2.37. The Balaban J connectivity index is 1.42. The van der Waals surface area contributed by atoms with Gasteiger partial charge in [0.15, 0.2) is 0 Å². The van der Waals surface area contributed by atoms with Crippen molar-refractivity contribution in [3.8, 4) is 0 Å². The van der Waals surface area contributed by atoms with E-state index in [1.54, 1.807) is 41.2 Å². The zero-order valence-electron chi connectivity index (χ0n) is 17.8. The number of anilines is 1. The number of benzene rings is 2. The number of carbonyl (C=O) groups is 3.